The first-order chi connectivity index (χ1) is 11.1. The van der Waals surface area contributed by atoms with Gasteiger partial charge in [-0.3, -0.25) is 9.42 Å². The summed E-state index contributed by atoms with van der Waals surface area (Å²) in [6.07, 6.45) is 1.73. The fourth-order valence-electron chi connectivity index (χ4n) is 2.12. The van der Waals surface area contributed by atoms with E-state index in [-0.39, 0.29) is 11.4 Å². The molecule has 0 spiro atoms. The number of hydrogen-bond acceptors (Lipinski definition) is 6. The van der Waals surface area contributed by atoms with Crippen molar-refractivity contribution in [3.8, 4) is 0 Å². The van der Waals surface area contributed by atoms with Crippen LogP contribution in [0.25, 0.3) is 11.0 Å². The topological polar surface area (TPSA) is 107 Å². The SMILES string of the molecule is Cc1ccnc(NCCNC(=O)c2ccc3c(c2)no[n+]3[O-])c1. The molecule has 0 fully saturated rings. The molecule has 0 saturated heterocycles. The highest BCUT2D eigenvalue weighted by molar-refractivity contribution is 5.96. The molecule has 2 N–H and O–H groups in total. The Hall–Kier alpha value is -3.16. The highest BCUT2D eigenvalue weighted by Gasteiger charge is 2.13. The van der Waals surface area contributed by atoms with Gasteiger partial charge in [0.05, 0.1) is 0 Å². The monoisotopic (exact) mass is 313 g/mol. The molecule has 0 bridgehead atoms. The molecule has 0 aliphatic carbocycles. The van der Waals surface area contributed by atoms with E-state index in [9.17, 15) is 10.0 Å². The summed E-state index contributed by atoms with van der Waals surface area (Å²) in [6.45, 7) is 2.97. The second kappa shape index (κ2) is 6.30. The summed E-state index contributed by atoms with van der Waals surface area (Å²) in [5.41, 5.74) is 2.16. The molecule has 8 heteroatoms. The van der Waals surface area contributed by atoms with Crippen LogP contribution in [0, 0.1) is 12.1 Å². The number of nitrogens with one attached hydrogen (secondary N) is 2. The van der Waals surface area contributed by atoms with Crippen molar-refractivity contribution in [1.82, 2.24) is 15.5 Å². The third kappa shape index (κ3) is 3.37. The highest BCUT2D eigenvalue weighted by Crippen LogP contribution is 2.10. The van der Waals surface area contributed by atoms with Crippen molar-refractivity contribution in [2.24, 2.45) is 0 Å². The lowest BCUT2D eigenvalue weighted by Crippen LogP contribution is -2.29. The molecule has 0 atom stereocenters. The molecule has 0 saturated carbocycles. The van der Waals surface area contributed by atoms with E-state index in [0.717, 1.165) is 11.4 Å². The van der Waals surface area contributed by atoms with E-state index in [0.29, 0.717) is 29.1 Å². The second-order valence-electron chi connectivity index (χ2n) is 5.03. The summed E-state index contributed by atoms with van der Waals surface area (Å²) in [5.74, 6) is 0.523. The maximum Gasteiger partial charge on any atom is 0.251 e. The molecule has 1 aromatic carbocycles. The van der Waals surface area contributed by atoms with Crippen LogP contribution in [0.1, 0.15) is 15.9 Å². The minimum atomic E-state index is -0.244. The van der Waals surface area contributed by atoms with Crippen molar-refractivity contribution in [2.75, 3.05) is 18.4 Å². The van der Waals surface area contributed by atoms with Gasteiger partial charge in [0.1, 0.15) is 5.82 Å². The Morgan fingerprint density at radius 1 is 1.30 bits per heavy atom. The van der Waals surface area contributed by atoms with Gasteiger partial charge in [-0.1, -0.05) is 0 Å². The van der Waals surface area contributed by atoms with Crippen LogP contribution in [0.2, 0.25) is 0 Å². The number of amides is 1. The first-order valence-electron chi connectivity index (χ1n) is 7.08. The fourth-order valence-corrected chi connectivity index (χ4v) is 2.12. The Bertz CT molecular complexity index is 846. The molecule has 2 aromatic heterocycles. The van der Waals surface area contributed by atoms with E-state index in [1.165, 1.54) is 12.1 Å². The highest BCUT2D eigenvalue weighted by atomic mass is 16.8. The third-order valence-electron chi connectivity index (χ3n) is 3.28. The number of hydrogen-bond donors (Lipinski definition) is 2. The zero-order valence-corrected chi connectivity index (χ0v) is 12.4. The summed E-state index contributed by atoms with van der Waals surface area (Å²) < 4.78 is 4.47. The normalized spacial score (nSPS) is 10.7. The molecule has 2 heterocycles. The van der Waals surface area contributed by atoms with E-state index < -0.39 is 0 Å². The Morgan fingerprint density at radius 2 is 2.17 bits per heavy atom. The maximum absolute atomic E-state index is 12.1. The van der Waals surface area contributed by atoms with Gasteiger partial charge in [0.15, 0.2) is 0 Å². The van der Waals surface area contributed by atoms with E-state index in [2.05, 4.69) is 25.4 Å². The standard InChI is InChI=1S/C15H15N5O3/c1-10-4-5-16-14(8-10)17-6-7-18-15(21)11-2-3-13-12(9-11)19-23-20(13)22/h2-5,8-9H,6-7H2,1H3,(H,16,17)(H,18,21). The van der Waals surface area contributed by atoms with Crippen LogP contribution in [-0.2, 0) is 0 Å². The molecule has 3 aromatic rings. The predicted octanol–water partition coefficient (Wildman–Crippen LogP) is 1.01. The quantitative estimate of drug-likeness (QED) is 0.537. The minimum absolute atomic E-state index is 0.244. The lowest BCUT2D eigenvalue weighted by atomic mass is 10.2. The van der Waals surface area contributed by atoms with Gasteiger partial charge in [-0.25, -0.2) is 4.98 Å². The van der Waals surface area contributed by atoms with Crippen molar-refractivity contribution in [3.05, 3.63) is 52.9 Å². The van der Waals surface area contributed by atoms with Crippen LogP contribution < -0.4 is 15.5 Å². The number of rotatable bonds is 5. The Morgan fingerprint density at radius 3 is 3.00 bits per heavy atom. The van der Waals surface area contributed by atoms with Gasteiger partial charge in [-0.15, -0.1) is 0 Å². The van der Waals surface area contributed by atoms with Crippen molar-refractivity contribution in [2.45, 2.75) is 6.92 Å². The predicted molar refractivity (Wildman–Crippen MR) is 82.8 cm³/mol. The van der Waals surface area contributed by atoms with Gasteiger partial charge in [-0.2, -0.15) is 0 Å². The Balaban J connectivity index is 1.54. The van der Waals surface area contributed by atoms with Crippen molar-refractivity contribution in [3.63, 3.8) is 0 Å². The first-order valence-corrected chi connectivity index (χ1v) is 7.08. The molecule has 23 heavy (non-hydrogen) atoms. The number of fused-ring (bicyclic) bond motifs is 1. The largest absolute Gasteiger partial charge is 0.368 e. The van der Waals surface area contributed by atoms with Crippen LogP contribution in [0.15, 0.2) is 41.2 Å². The molecular weight excluding hydrogens is 298 g/mol. The van der Waals surface area contributed by atoms with E-state index in [4.69, 9.17) is 0 Å². The summed E-state index contributed by atoms with van der Waals surface area (Å²) in [6, 6.07) is 8.41. The molecule has 0 radical (unpaired) electrons. The minimum Gasteiger partial charge on any atom is -0.368 e. The fraction of sp³-hybridized carbons (Fsp3) is 0.200. The molecule has 0 aliphatic heterocycles. The van der Waals surface area contributed by atoms with Gasteiger partial charge in [-0.05, 0) is 41.7 Å². The lowest BCUT2D eigenvalue weighted by molar-refractivity contribution is -0.782. The van der Waals surface area contributed by atoms with Gasteiger partial charge in [0.25, 0.3) is 5.91 Å². The Labute approximate surface area is 131 Å². The number of pyridine rings is 1. The third-order valence-corrected chi connectivity index (χ3v) is 3.28. The summed E-state index contributed by atoms with van der Waals surface area (Å²) in [4.78, 5) is 16.5. The number of carbonyl (C=O) groups is 1. The number of anilines is 1. The molecule has 3 rings (SSSR count). The zero-order valence-electron chi connectivity index (χ0n) is 12.4. The van der Waals surface area contributed by atoms with E-state index in [1.807, 2.05) is 19.1 Å². The van der Waals surface area contributed by atoms with Gasteiger partial charge >= 0.3 is 0 Å². The van der Waals surface area contributed by atoms with Crippen LogP contribution in [-0.4, -0.2) is 29.1 Å². The van der Waals surface area contributed by atoms with Crippen molar-refractivity contribution >= 4 is 22.8 Å². The van der Waals surface area contributed by atoms with Crippen LogP contribution in [0.3, 0.4) is 0 Å². The van der Waals surface area contributed by atoms with Crippen LogP contribution in [0.5, 0.6) is 0 Å². The summed E-state index contributed by atoms with van der Waals surface area (Å²) >= 11 is 0. The number of nitrogens with zero attached hydrogens (tertiary/aromatic N) is 3. The number of aromatic nitrogens is 3. The number of carbonyl (C=O) groups excluding carboxylic acids is 1. The lowest BCUT2D eigenvalue weighted by Gasteiger charge is -2.07. The summed E-state index contributed by atoms with van der Waals surface area (Å²) in [7, 11) is 0. The van der Waals surface area contributed by atoms with Gasteiger partial charge in [0.2, 0.25) is 11.0 Å². The zero-order chi connectivity index (χ0) is 16.2. The molecular formula is C15H15N5O3. The van der Waals surface area contributed by atoms with Gasteiger partial charge in [0, 0.05) is 36.1 Å². The maximum atomic E-state index is 12.1. The average Bonchev–Trinajstić information content (AvgIpc) is 2.92. The second-order valence-corrected chi connectivity index (χ2v) is 5.03. The van der Waals surface area contributed by atoms with Crippen LogP contribution in [0.4, 0.5) is 5.82 Å². The molecule has 0 unspecified atom stereocenters. The van der Waals surface area contributed by atoms with Crippen molar-refractivity contribution < 1.29 is 14.3 Å². The van der Waals surface area contributed by atoms with E-state index >= 15 is 0 Å². The molecule has 0 aliphatic rings. The smallest absolute Gasteiger partial charge is 0.251 e. The van der Waals surface area contributed by atoms with Crippen LogP contribution >= 0.6 is 0 Å². The molecule has 118 valence electrons. The first kappa shape index (κ1) is 14.8. The van der Waals surface area contributed by atoms with E-state index in [1.54, 1.807) is 12.3 Å². The van der Waals surface area contributed by atoms with Crippen molar-refractivity contribution in [1.29, 1.82) is 0 Å². The average molecular weight is 313 g/mol. The summed E-state index contributed by atoms with van der Waals surface area (Å²) in [5, 5.41) is 20.7. The molecule has 8 nitrogen and oxygen atoms in total. The Kier molecular flexibility index (Phi) is 4.05. The number of aryl methyl sites for hydroxylation is 1. The number of benzene rings is 1. The molecule has 1 amide bonds. The van der Waals surface area contributed by atoms with Gasteiger partial charge < -0.3 is 15.8 Å².